The Hall–Kier alpha value is -1.96. The molecule has 2 heterocycles. The molecule has 0 spiro atoms. The van der Waals surface area contributed by atoms with Gasteiger partial charge in [-0.3, -0.25) is 4.79 Å². The zero-order chi connectivity index (χ0) is 13.8. The van der Waals surface area contributed by atoms with Gasteiger partial charge in [0.05, 0.1) is 26.5 Å². The molecule has 1 amide bonds. The van der Waals surface area contributed by atoms with Gasteiger partial charge in [-0.25, -0.2) is 9.48 Å². The summed E-state index contributed by atoms with van der Waals surface area (Å²) in [5.41, 5.74) is 0.0872. The number of ether oxygens (including phenoxy) is 2. The van der Waals surface area contributed by atoms with E-state index in [1.807, 2.05) is 0 Å². The third kappa shape index (κ3) is 2.90. The van der Waals surface area contributed by atoms with E-state index in [1.165, 1.54) is 18.0 Å². The third-order valence-electron chi connectivity index (χ3n) is 2.98. The molecule has 1 aliphatic heterocycles. The van der Waals surface area contributed by atoms with Gasteiger partial charge in [0.2, 0.25) is 5.91 Å². The maximum absolute atomic E-state index is 12.2. The van der Waals surface area contributed by atoms with Gasteiger partial charge in [-0.15, -0.1) is 5.10 Å². The summed E-state index contributed by atoms with van der Waals surface area (Å²) in [4.78, 5) is 25.2. The first-order valence-corrected chi connectivity index (χ1v) is 6.00. The second-order valence-corrected chi connectivity index (χ2v) is 4.19. The Morgan fingerprint density at radius 1 is 1.42 bits per heavy atom. The van der Waals surface area contributed by atoms with Crippen LogP contribution in [0.25, 0.3) is 0 Å². The molecule has 0 aromatic carbocycles. The highest BCUT2D eigenvalue weighted by molar-refractivity contribution is 5.86. The highest BCUT2D eigenvalue weighted by atomic mass is 16.5. The quantitative estimate of drug-likeness (QED) is 0.686. The Morgan fingerprint density at radius 2 is 2.11 bits per heavy atom. The summed E-state index contributed by atoms with van der Waals surface area (Å²) in [6, 6.07) is -0.510. The maximum Gasteiger partial charge on any atom is 0.360 e. The Kier molecular flexibility index (Phi) is 4.10. The molecule has 104 valence electrons. The summed E-state index contributed by atoms with van der Waals surface area (Å²) < 4.78 is 11.1. The average Bonchev–Trinajstić information content (AvgIpc) is 2.95. The van der Waals surface area contributed by atoms with E-state index in [0.29, 0.717) is 26.3 Å². The fourth-order valence-electron chi connectivity index (χ4n) is 1.83. The number of rotatable bonds is 3. The normalized spacial score (nSPS) is 17.1. The van der Waals surface area contributed by atoms with Gasteiger partial charge < -0.3 is 14.4 Å². The molecule has 0 aliphatic carbocycles. The van der Waals surface area contributed by atoms with Crippen molar-refractivity contribution >= 4 is 11.9 Å². The van der Waals surface area contributed by atoms with Crippen molar-refractivity contribution in [2.45, 2.75) is 13.0 Å². The Labute approximate surface area is 110 Å². The molecule has 0 N–H and O–H groups in total. The molecule has 2 rings (SSSR count). The number of esters is 1. The number of carbonyl (C=O) groups is 2. The number of carbonyl (C=O) groups excluding carboxylic acids is 2. The highest BCUT2D eigenvalue weighted by Crippen LogP contribution is 2.11. The van der Waals surface area contributed by atoms with Crippen LogP contribution in [-0.4, -0.2) is 65.2 Å². The molecule has 1 aliphatic rings. The van der Waals surface area contributed by atoms with Crippen molar-refractivity contribution in [1.82, 2.24) is 19.9 Å². The SMILES string of the molecule is COC(=O)c1cn(C(C)C(=O)N2CCOCC2)nn1. The van der Waals surface area contributed by atoms with Crippen molar-refractivity contribution < 1.29 is 19.1 Å². The van der Waals surface area contributed by atoms with Crippen molar-refractivity contribution in [3.8, 4) is 0 Å². The van der Waals surface area contributed by atoms with E-state index in [-0.39, 0.29) is 11.6 Å². The predicted octanol–water partition coefficient (Wildman–Crippen LogP) is -0.515. The van der Waals surface area contributed by atoms with Gasteiger partial charge in [-0.1, -0.05) is 5.21 Å². The smallest absolute Gasteiger partial charge is 0.360 e. The Balaban J connectivity index is 2.05. The summed E-state index contributed by atoms with van der Waals surface area (Å²) in [5, 5.41) is 7.47. The summed E-state index contributed by atoms with van der Waals surface area (Å²) in [7, 11) is 1.27. The molecule has 1 atom stereocenters. The standard InChI is InChI=1S/C11H16N4O4/c1-8(10(16)14-3-5-19-6-4-14)15-7-9(12-13-15)11(17)18-2/h7-8H,3-6H2,1-2H3. The van der Waals surface area contributed by atoms with E-state index >= 15 is 0 Å². The van der Waals surface area contributed by atoms with Gasteiger partial charge in [0.1, 0.15) is 6.04 Å². The van der Waals surface area contributed by atoms with Crippen molar-refractivity contribution in [1.29, 1.82) is 0 Å². The molecule has 0 radical (unpaired) electrons. The van der Waals surface area contributed by atoms with Crippen LogP contribution in [0.4, 0.5) is 0 Å². The number of hydrogen-bond donors (Lipinski definition) is 0. The van der Waals surface area contributed by atoms with E-state index in [0.717, 1.165) is 0 Å². The van der Waals surface area contributed by atoms with Gasteiger partial charge in [0.15, 0.2) is 5.69 Å². The number of methoxy groups -OCH3 is 1. The first-order valence-electron chi connectivity index (χ1n) is 6.00. The minimum atomic E-state index is -0.572. The summed E-state index contributed by atoms with van der Waals surface area (Å²) in [6.07, 6.45) is 1.41. The zero-order valence-corrected chi connectivity index (χ0v) is 10.9. The monoisotopic (exact) mass is 268 g/mol. The lowest BCUT2D eigenvalue weighted by Crippen LogP contribution is -2.43. The van der Waals surface area contributed by atoms with Gasteiger partial charge in [0, 0.05) is 13.1 Å². The largest absolute Gasteiger partial charge is 0.464 e. The van der Waals surface area contributed by atoms with Crippen LogP contribution in [0.3, 0.4) is 0 Å². The van der Waals surface area contributed by atoms with Crippen LogP contribution in [0.5, 0.6) is 0 Å². The molecule has 1 fully saturated rings. The van der Waals surface area contributed by atoms with E-state index < -0.39 is 12.0 Å². The average molecular weight is 268 g/mol. The molecule has 0 bridgehead atoms. The summed E-state index contributed by atoms with van der Waals surface area (Å²) >= 11 is 0. The maximum atomic E-state index is 12.2. The van der Waals surface area contributed by atoms with Crippen molar-refractivity contribution in [2.75, 3.05) is 33.4 Å². The number of hydrogen-bond acceptors (Lipinski definition) is 6. The van der Waals surface area contributed by atoms with Crippen LogP contribution in [0.1, 0.15) is 23.5 Å². The van der Waals surface area contributed by atoms with Crippen molar-refractivity contribution in [3.63, 3.8) is 0 Å². The molecule has 0 saturated carbocycles. The van der Waals surface area contributed by atoms with Crippen molar-refractivity contribution in [3.05, 3.63) is 11.9 Å². The van der Waals surface area contributed by atoms with Gasteiger partial charge >= 0.3 is 5.97 Å². The van der Waals surface area contributed by atoms with Crippen LogP contribution in [0.15, 0.2) is 6.20 Å². The van der Waals surface area contributed by atoms with Crippen LogP contribution < -0.4 is 0 Å². The second-order valence-electron chi connectivity index (χ2n) is 4.19. The number of aromatic nitrogens is 3. The van der Waals surface area contributed by atoms with Gasteiger partial charge in [-0.05, 0) is 6.92 Å². The van der Waals surface area contributed by atoms with Gasteiger partial charge in [0.25, 0.3) is 0 Å². The number of amides is 1. The van der Waals surface area contributed by atoms with Crippen LogP contribution >= 0.6 is 0 Å². The topological polar surface area (TPSA) is 86.5 Å². The second kappa shape index (κ2) is 5.79. The molecular weight excluding hydrogens is 252 g/mol. The zero-order valence-electron chi connectivity index (χ0n) is 10.9. The minimum Gasteiger partial charge on any atom is -0.464 e. The molecular formula is C11H16N4O4. The molecule has 1 aromatic heterocycles. The summed E-state index contributed by atoms with van der Waals surface area (Å²) in [6.45, 7) is 3.95. The Bertz CT molecular complexity index is 467. The molecule has 1 saturated heterocycles. The lowest BCUT2D eigenvalue weighted by Gasteiger charge is -2.29. The first-order chi connectivity index (χ1) is 9.13. The van der Waals surface area contributed by atoms with Crippen LogP contribution in [-0.2, 0) is 14.3 Å². The lowest BCUT2D eigenvalue weighted by atomic mass is 10.2. The predicted molar refractivity (Wildman–Crippen MR) is 63.5 cm³/mol. The number of morpholine rings is 1. The number of nitrogens with zero attached hydrogens (tertiary/aromatic N) is 4. The third-order valence-corrected chi connectivity index (χ3v) is 2.98. The van der Waals surface area contributed by atoms with Crippen molar-refractivity contribution in [2.24, 2.45) is 0 Å². The highest BCUT2D eigenvalue weighted by Gasteiger charge is 2.25. The summed E-state index contributed by atoms with van der Waals surface area (Å²) in [5.74, 6) is -0.637. The van der Waals surface area contributed by atoms with E-state index in [2.05, 4.69) is 15.0 Å². The first kappa shape index (κ1) is 13.5. The van der Waals surface area contributed by atoms with Crippen LogP contribution in [0.2, 0.25) is 0 Å². The van der Waals surface area contributed by atoms with E-state index in [1.54, 1.807) is 11.8 Å². The molecule has 19 heavy (non-hydrogen) atoms. The van der Waals surface area contributed by atoms with E-state index in [9.17, 15) is 9.59 Å². The lowest BCUT2D eigenvalue weighted by molar-refractivity contribution is -0.138. The fourth-order valence-corrected chi connectivity index (χ4v) is 1.83. The van der Waals surface area contributed by atoms with Crippen LogP contribution in [0, 0.1) is 0 Å². The Morgan fingerprint density at radius 3 is 2.74 bits per heavy atom. The fraction of sp³-hybridized carbons (Fsp3) is 0.636. The molecule has 8 nitrogen and oxygen atoms in total. The molecule has 8 heteroatoms. The molecule has 1 aromatic rings. The molecule has 1 unspecified atom stereocenters. The van der Waals surface area contributed by atoms with E-state index in [4.69, 9.17) is 4.74 Å². The van der Waals surface area contributed by atoms with Gasteiger partial charge in [-0.2, -0.15) is 0 Å². The minimum absolute atomic E-state index is 0.0652.